The van der Waals surface area contributed by atoms with Crippen LogP contribution in [0.5, 0.6) is 11.5 Å². The second-order valence-corrected chi connectivity index (χ2v) is 7.64. The zero-order chi connectivity index (χ0) is 20.7. The summed E-state index contributed by atoms with van der Waals surface area (Å²) in [5.74, 6) is 0.673. The molecule has 1 N–H and O–H groups in total. The van der Waals surface area contributed by atoms with Gasteiger partial charge in [-0.2, -0.15) is 0 Å². The molecule has 2 aromatic carbocycles. The molecule has 2 heterocycles. The van der Waals surface area contributed by atoms with E-state index in [-0.39, 0.29) is 16.3 Å². The highest BCUT2D eigenvalue weighted by Crippen LogP contribution is 2.30. The van der Waals surface area contributed by atoms with Crippen LogP contribution in [-0.4, -0.2) is 29.5 Å². The maximum absolute atomic E-state index is 12.7. The number of rotatable bonds is 4. The number of carbonyl (C=O) groups excluding carboxylic acids is 1. The van der Waals surface area contributed by atoms with E-state index >= 15 is 0 Å². The summed E-state index contributed by atoms with van der Waals surface area (Å²) in [4.78, 5) is 30.8. The van der Waals surface area contributed by atoms with Crippen molar-refractivity contribution in [1.82, 2.24) is 9.38 Å². The Balaban J connectivity index is 1.73. The van der Waals surface area contributed by atoms with Gasteiger partial charge in [0.2, 0.25) is 0 Å². The number of ether oxygens (including phenoxy) is 2. The molecule has 4 rings (SSSR count). The third-order valence-electron chi connectivity index (χ3n) is 4.78. The first-order valence-corrected chi connectivity index (χ1v) is 9.70. The normalized spacial score (nSPS) is 11.0. The molecule has 0 spiro atoms. The molecule has 2 aromatic heterocycles. The highest BCUT2D eigenvalue weighted by Gasteiger charge is 2.16. The van der Waals surface area contributed by atoms with Crippen molar-refractivity contribution in [3.63, 3.8) is 0 Å². The maximum atomic E-state index is 12.7. The highest BCUT2D eigenvalue weighted by atomic mass is 32.1. The lowest BCUT2D eigenvalue weighted by atomic mass is 10.1. The Morgan fingerprint density at radius 1 is 1.03 bits per heavy atom. The molecule has 8 heteroatoms. The Bertz CT molecular complexity index is 1320. The summed E-state index contributed by atoms with van der Waals surface area (Å²) in [7, 11) is 3.07. The van der Waals surface area contributed by atoms with Crippen LogP contribution in [0.2, 0.25) is 0 Å². The van der Waals surface area contributed by atoms with Crippen molar-refractivity contribution in [2.24, 2.45) is 0 Å². The third-order valence-corrected chi connectivity index (χ3v) is 5.76. The number of imidazole rings is 1. The molecular weight excluding hydrogens is 390 g/mol. The number of anilines is 1. The van der Waals surface area contributed by atoms with Gasteiger partial charge in [0.15, 0.2) is 16.5 Å². The topological polar surface area (TPSA) is 81.9 Å². The van der Waals surface area contributed by atoms with E-state index in [4.69, 9.17) is 9.47 Å². The number of benzene rings is 2. The van der Waals surface area contributed by atoms with Crippen LogP contribution in [0.4, 0.5) is 5.69 Å². The van der Waals surface area contributed by atoms with Gasteiger partial charge in [-0.3, -0.25) is 14.0 Å². The van der Waals surface area contributed by atoms with Crippen LogP contribution in [0.3, 0.4) is 0 Å². The van der Waals surface area contributed by atoms with Crippen molar-refractivity contribution >= 4 is 38.9 Å². The van der Waals surface area contributed by atoms with Gasteiger partial charge in [-0.15, -0.1) is 0 Å². The van der Waals surface area contributed by atoms with E-state index in [0.29, 0.717) is 22.1 Å². The Morgan fingerprint density at radius 2 is 1.76 bits per heavy atom. The van der Waals surface area contributed by atoms with Gasteiger partial charge in [0, 0.05) is 17.8 Å². The smallest absolute Gasteiger partial charge is 0.266 e. The highest BCUT2D eigenvalue weighted by molar-refractivity contribution is 7.18. The van der Waals surface area contributed by atoms with E-state index in [1.54, 1.807) is 29.7 Å². The number of amides is 1. The number of nitrogens with zero attached hydrogens (tertiary/aromatic N) is 2. The molecule has 148 valence electrons. The Hall–Kier alpha value is -3.39. The lowest BCUT2D eigenvalue weighted by Crippen LogP contribution is -2.17. The Labute approximate surface area is 170 Å². The van der Waals surface area contributed by atoms with E-state index in [1.807, 2.05) is 26.0 Å². The average molecular weight is 409 g/mol. The van der Waals surface area contributed by atoms with Crippen LogP contribution in [-0.2, 0) is 0 Å². The molecular formula is C21H19N3O4S. The summed E-state index contributed by atoms with van der Waals surface area (Å²) in [5.41, 5.74) is 3.91. The summed E-state index contributed by atoms with van der Waals surface area (Å²) < 4.78 is 12.0. The van der Waals surface area contributed by atoms with E-state index in [2.05, 4.69) is 10.3 Å². The van der Waals surface area contributed by atoms with Crippen LogP contribution < -0.4 is 20.3 Å². The first kappa shape index (κ1) is 18.9. The standard InChI is InChI=1S/C21H19N3O4S/c1-11-7-14-15(8-12(11)2)24-19(25)10-18(29-21(24)23-14)20(26)22-13-5-6-16(27-3)17(9-13)28-4/h5-10H,1-4H3,(H,22,26). The number of fused-ring (bicyclic) bond motifs is 3. The maximum Gasteiger partial charge on any atom is 0.266 e. The summed E-state index contributed by atoms with van der Waals surface area (Å²) in [6.07, 6.45) is 0. The lowest BCUT2D eigenvalue weighted by Gasteiger charge is -2.10. The molecule has 0 aliphatic carbocycles. The van der Waals surface area contributed by atoms with Gasteiger partial charge in [-0.05, 0) is 49.2 Å². The van der Waals surface area contributed by atoms with Crippen molar-refractivity contribution in [1.29, 1.82) is 0 Å². The molecule has 0 unspecified atom stereocenters. The predicted octanol–water partition coefficient (Wildman–Crippen LogP) is 3.80. The molecule has 29 heavy (non-hydrogen) atoms. The minimum absolute atomic E-state index is 0.279. The molecule has 0 radical (unpaired) electrons. The van der Waals surface area contributed by atoms with Gasteiger partial charge in [0.25, 0.3) is 11.5 Å². The summed E-state index contributed by atoms with van der Waals surface area (Å²) in [6.45, 7) is 4.00. The van der Waals surface area contributed by atoms with E-state index in [9.17, 15) is 9.59 Å². The van der Waals surface area contributed by atoms with Gasteiger partial charge in [0.05, 0.1) is 25.3 Å². The zero-order valence-electron chi connectivity index (χ0n) is 16.4. The van der Waals surface area contributed by atoms with Crippen molar-refractivity contribution in [2.45, 2.75) is 13.8 Å². The molecule has 0 saturated carbocycles. The first-order chi connectivity index (χ1) is 13.9. The molecule has 0 aliphatic heterocycles. The molecule has 1 amide bonds. The monoisotopic (exact) mass is 409 g/mol. The van der Waals surface area contributed by atoms with E-state index in [0.717, 1.165) is 22.2 Å². The van der Waals surface area contributed by atoms with Crippen LogP contribution in [0.1, 0.15) is 20.8 Å². The number of aryl methyl sites for hydroxylation is 2. The largest absolute Gasteiger partial charge is 0.493 e. The van der Waals surface area contributed by atoms with Gasteiger partial charge >= 0.3 is 0 Å². The second kappa shape index (κ2) is 7.21. The Kier molecular flexibility index (Phi) is 4.71. The van der Waals surface area contributed by atoms with Gasteiger partial charge in [0.1, 0.15) is 4.88 Å². The number of hydrogen-bond donors (Lipinski definition) is 1. The van der Waals surface area contributed by atoms with Crippen molar-refractivity contribution in [2.75, 3.05) is 19.5 Å². The molecule has 0 atom stereocenters. The fourth-order valence-corrected chi connectivity index (χ4v) is 4.04. The number of aromatic nitrogens is 2. The van der Waals surface area contributed by atoms with Crippen LogP contribution in [0, 0.1) is 13.8 Å². The molecule has 0 fully saturated rings. The van der Waals surface area contributed by atoms with Crippen LogP contribution in [0.15, 0.2) is 41.2 Å². The molecule has 0 bridgehead atoms. The Morgan fingerprint density at radius 3 is 2.48 bits per heavy atom. The van der Waals surface area contributed by atoms with Crippen LogP contribution in [0.25, 0.3) is 16.0 Å². The minimum atomic E-state index is -0.388. The second-order valence-electron chi connectivity index (χ2n) is 6.63. The van der Waals surface area contributed by atoms with E-state index in [1.165, 1.54) is 24.5 Å². The fraction of sp³-hybridized carbons (Fsp3) is 0.190. The molecule has 0 aliphatic rings. The third kappa shape index (κ3) is 3.31. The number of nitrogens with one attached hydrogen (secondary N) is 1. The lowest BCUT2D eigenvalue weighted by molar-refractivity contribution is 0.103. The number of carbonyl (C=O) groups is 1. The molecule has 4 aromatic rings. The summed E-state index contributed by atoms with van der Waals surface area (Å²) in [5, 5.41) is 2.79. The van der Waals surface area contributed by atoms with Crippen LogP contribution >= 0.6 is 11.3 Å². The SMILES string of the molecule is COc1ccc(NC(=O)c2cc(=O)n3c(nc4cc(C)c(C)cc43)s2)cc1OC. The van der Waals surface area contributed by atoms with Gasteiger partial charge < -0.3 is 14.8 Å². The molecule has 7 nitrogen and oxygen atoms in total. The summed E-state index contributed by atoms with van der Waals surface area (Å²) >= 11 is 1.17. The fourth-order valence-electron chi connectivity index (χ4n) is 3.11. The average Bonchev–Trinajstić information content (AvgIpc) is 3.05. The molecule has 0 saturated heterocycles. The van der Waals surface area contributed by atoms with Gasteiger partial charge in [-0.25, -0.2) is 4.98 Å². The van der Waals surface area contributed by atoms with Crippen molar-refractivity contribution < 1.29 is 14.3 Å². The number of methoxy groups -OCH3 is 2. The zero-order valence-corrected chi connectivity index (χ0v) is 17.2. The summed E-state index contributed by atoms with van der Waals surface area (Å²) in [6, 6.07) is 10.3. The predicted molar refractivity (Wildman–Crippen MR) is 114 cm³/mol. The van der Waals surface area contributed by atoms with Crippen molar-refractivity contribution in [3.8, 4) is 11.5 Å². The first-order valence-electron chi connectivity index (χ1n) is 8.88. The van der Waals surface area contributed by atoms with Gasteiger partial charge in [-0.1, -0.05) is 11.3 Å². The quantitative estimate of drug-likeness (QED) is 0.554. The van der Waals surface area contributed by atoms with E-state index < -0.39 is 0 Å². The van der Waals surface area contributed by atoms with Crippen molar-refractivity contribution in [3.05, 3.63) is 62.8 Å². The number of hydrogen-bond acceptors (Lipinski definition) is 6. The minimum Gasteiger partial charge on any atom is -0.493 e.